The van der Waals surface area contributed by atoms with Crippen LogP contribution >= 0.6 is 0 Å². The number of nitro groups is 1. The lowest BCUT2D eigenvalue weighted by Crippen LogP contribution is -2.48. The molecule has 0 spiro atoms. The third-order valence-corrected chi connectivity index (χ3v) is 5.32. The Labute approximate surface area is 131 Å². The van der Waals surface area contributed by atoms with E-state index in [0.717, 1.165) is 18.2 Å². The maximum Gasteiger partial charge on any atom is 0.311 e. The number of nitrogens with one attached hydrogen (secondary N) is 1. The van der Waals surface area contributed by atoms with Gasteiger partial charge in [-0.3, -0.25) is 14.9 Å². The Balaban J connectivity index is 2.00. The fraction of sp³-hybridized carbons (Fsp3) is 0.462. The molecule has 1 saturated heterocycles. The van der Waals surface area contributed by atoms with Crippen LogP contribution in [0.2, 0.25) is 0 Å². The second-order valence-corrected chi connectivity index (χ2v) is 7.79. The number of halogens is 1. The number of rotatable bonds is 5. The van der Waals surface area contributed by atoms with E-state index in [4.69, 9.17) is 4.74 Å². The first kappa shape index (κ1) is 17.1. The Bertz CT molecular complexity index is 751. The fourth-order valence-electron chi connectivity index (χ4n) is 2.38. The molecule has 1 aromatic rings. The summed E-state index contributed by atoms with van der Waals surface area (Å²) in [7, 11) is -3.18. The second kappa shape index (κ2) is 6.11. The summed E-state index contributed by atoms with van der Waals surface area (Å²) in [6.07, 6.45) is 0.279. The third kappa shape index (κ3) is 4.38. The van der Waals surface area contributed by atoms with Crippen LogP contribution in [0.4, 0.5) is 10.1 Å². The average molecular weight is 346 g/mol. The van der Waals surface area contributed by atoms with Crippen LogP contribution in [0.25, 0.3) is 0 Å². The number of ether oxygens (including phenoxy) is 1. The van der Waals surface area contributed by atoms with Gasteiger partial charge in [-0.2, -0.15) is 0 Å². The number of hydrogen-bond acceptors (Lipinski definition) is 6. The Kier molecular flexibility index (Phi) is 4.55. The number of carbonyl (C=O) groups excluding carboxylic acids is 1. The number of sulfone groups is 1. The molecule has 23 heavy (non-hydrogen) atoms. The molecule has 0 saturated carbocycles. The van der Waals surface area contributed by atoms with Crippen LogP contribution in [0, 0.1) is 15.9 Å². The van der Waals surface area contributed by atoms with Crippen molar-refractivity contribution >= 4 is 21.4 Å². The van der Waals surface area contributed by atoms with Gasteiger partial charge in [-0.05, 0) is 19.4 Å². The van der Waals surface area contributed by atoms with Crippen LogP contribution in [0.5, 0.6) is 5.75 Å². The molecule has 0 unspecified atom stereocenters. The number of benzene rings is 1. The molecule has 126 valence electrons. The normalized spacial score (nSPS) is 22.5. The standard InChI is InChI=1S/C13H15FN2O6S/c1-13(4-5-23(20,21)8-13)15-12(17)7-22-11-6-9(14)2-3-10(11)16(18)19/h2-3,6H,4-5,7-8H2,1H3,(H,15,17)/t13-/m0/s1. The van der Waals surface area contributed by atoms with E-state index >= 15 is 0 Å². The molecule has 1 aromatic carbocycles. The van der Waals surface area contributed by atoms with Crippen molar-refractivity contribution in [2.75, 3.05) is 18.1 Å². The van der Waals surface area contributed by atoms with Crippen molar-refractivity contribution in [2.24, 2.45) is 0 Å². The smallest absolute Gasteiger partial charge is 0.311 e. The van der Waals surface area contributed by atoms with E-state index in [2.05, 4.69) is 5.32 Å². The number of carbonyl (C=O) groups is 1. The van der Waals surface area contributed by atoms with Gasteiger partial charge in [0, 0.05) is 12.1 Å². The van der Waals surface area contributed by atoms with Gasteiger partial charge >= 0.3 is 5.69 Å². The van der Waals surface area contributed by atoms with Gasteiger partial charge < -0.3 is 10.1 Å². The van der Waals surface area contributed by atoms with Crippen molar-refractivity contribution in [3.8, 4) is 5.75 Å². The predicted octanol–water partition coefficient (Wildman–Crippen LogP) is 0.806. The minimum atomic E-state index is -3.18. The largest absolute Gasteiger partial charge is 0.477 e. The van der Waals surface area contributed by atoms with E-state index < -0.39 is 44.3 Å². The molecule has 1 aliphatic heterocycles. The maximum absolute atomic E-state index is 13.1. The monoisotopic (exact) mass is 346 g/mol. The average Bonchev–Trinajstić information content (AvgIpc) is 2.69. The molecule has 2 rings (SSSR count). The minimum Gasteiger partial charge on any atom is -0.477 e. The summed E-state index contributed by atoms with van der Waals surface area (Å²) in [5, 5.41) is 13.4. The van der Waals surface area contributed by atoms with Crippen molar-refractivity contribution in [3.63, 3.8) is 0 Å². The van der Waals surface area contributed by atoms with Crippen LogP contribution in [0.3, 0.4) is 0 Å². The van der Waals surface area contributed by atoms with Gasteiger partial charge in [-0.1, -0.05) is 0 Å². The Morgan fingerprint density at radius 3 is 2.78 bits per heavy atom. The van der Waals surface area contributed by atoms with Crippen molar-refractivity contribution in [1.82, 2.24) is 5.32 Å². The van der Waals surface area contributed by atoms with Crippen LogP contribution < -0.4 is 10.1 Å². The topological polar surface area (TPSA) is 116 Å². The molecule has 1 aliphatic rings. The van der Waals surface area contributed by atoms with Gasteiger partial charge in [0.15, 0.2) is 16.4 Å². The minimum absolute atomic E-state index is 0.0139. The molecule has 0 bridgehead atoms. The molecule has 1 N–H and O–H groups in total. The van der Waals surface area contributed by atoms with Gasteiger partial charge in [-0.15, -0.1) is 0 Å². The van der Waals surface area contributed by atoms with Crippen LogP contribution in [-0.4, -0.2) is 42.9 Å². The molecular weight excluding hydrogens is 331 g/mol. The lowest BCUT2D eigenvalue weighted by Gasteiger charge is -2.23. The van der Waals surface area contributed by atoms with E-state index in [9.17, 15) is 27.7 Å². The Hall–Kier alpha value is -2.23. The molecule has 0 aliphatic carbocycles. The highest BCUT2D eigenvalue weighted by Gasteiger charge is 2.39. The number of nitro benzene ring substituents is 1. The van der Waals surface area contributed by atoms with Crippen LogP contribution in [-0.2, 0) is 14.6 Å². The highest BCUT2D eigenvalue weighted by atomic mass is 32.2. The lowest BCUT2D eigenvalue weighted by atomic mass is 10.0. The SMILES string of the molecule is C[C@]1(NC(=O)COc2cc(F)ccc2[N+](=O)[O-])CCS(=O)(=O)C1. The molecule has 0 aromatic heterocycles. The number of amides is 1. The van der Waals surface area contributed by atoms with Gasteiger partial charge in [-0.25, -0.2) is 12.8 Å². The molecule has 0 radical (unpaired) electrons. The number of nitrogens with zero attached hydrogens (tertiary/aromatic N) is 1. The summed E-state index contributed by atoms with van der Waals surface area (Å²) in [6, 6.07) is 2.66. The zero-order valence-corrected chi connectivity index (χ0v) is 13.1. The molecule has 1 fully saturated rings. The van der Waals surface area contributed by atoms with Crippen LogP contribution in [0.1, 0.15) is 13.3 Å². The van der Waals surface area contributed by atoms with Crippen molar-refractivity contribution in [2.45, 2.75) is 18.9 Å². The molecule has 1 heterocycles. The summed E-state index contributed by atoms with van der Waals surface area (Å²) >= 11 is 0. The Morgan fingerprint density at radius 1 is 1.52 bits per heavy atom. The van der Waals surface area contributed by atoms with E-state index in [-0.39, 0.29) is 23.7 Å². The number of hydrogen-bond donors (Lipinski definition) is 1. The van der Waals surface area contributed by atoms with E-state index in [1.54, 1.807) is 6.92 Å². The molecule has 1 amide bonds. The first-order valence-corrected chi connectivity index (χ1v) is 8.51. The second-order valence-electron chi connectivity index (χ2n) is 5.61. The Morgan fingerprint density at radius 2 is 2.22 bits per heavy atom. The van der Waals surface area contributed by atoms with Gasteiger partial charge in [0.2, 0.25) is 5.75 Å². The van der Waals surface area contributed by atoms with Gasteiger partial charge in [0.25, 0.3) is 5.91 Å². The predicted molar refractivity (Wildman–Crippen MR) is 78.4 cm³/mol. The van der Waals surface area contributed by atoms with Gasteiger partial charge in [0.1, 0.15) is 5.82 Å². The maximum atomic E-state index is 13.1. The molecular formula is C13H15FN2O6S. The molecule has 8 nitrogen and oxygen atoms in total. The zero-order chi connectivity index (χ0) is 17.3. The lowest BCUT2D eigenvalue weighted by molar-refractivity contribution is -0.385. The molecule has 1 atom stereocenters. The summed E-state index contributed by atoms with van der Waals surface area (Å²) in [5.74, 6) is -1.93. The van der Waals surface area contributed by atoms with Crippen LogP contribution in [0.15, 0.2) is 18.2 Å². The summed E-state index contributed by atoms with van der Waals surface area (Å²) < 4.78 is 41.1. The summed E-state index contributed by atoms with van der Waals surface area (Å²) in [4.78, 5) is 21.9. The van der Waals surface area contributed by atoms with Crippen molar-refractivity contribution < 1.29 is 27.3 Å². The summed E-state index contributed by atoms with van der Waals surface area (Å²) in [5.41, 5.74) is -1.36. The first-order valence-electron chi connectivity index (χ1n) is 6.68. The van der Waals surface area contributed by atoms with E-state index in [0.29, 0.717) is 0 Å². The highest BCUT2D eigenvalue weighted by Crippen LogP contribution is 2.27. The fourth-order valence-corrected chi connectivity index (χ4v) is 4.47. The van der Waals surface area contributed by atoms with Crippen molar-refractivity contribution in [1.29, 1.82) is 0 Å². The van der Waals surface area contributed by atoms with Gasteiger partial charge in [0.05, 0.1) is 22.0 Å². The highest BCUT2D eigenvalue weighted by molar-refractivity contribution is 7.91. The third-order valence-electron chi connectivity index (χ3n) is 3.42. The first-order chi connectivity index (χ1) is 10.6. The summed E-state index contributed by atoms with van der Waals surface area (Å²) in [6.45, 7) is 1.01. The van der Waals surface area contributed by atoms with E-state index in [1.165, 1.54) is 0 Å². The van der Waals surface area contributed by atoms with E-state index in [1.807, 2.05) is 0 Å². The quantitative estimate of drug-likeness (QED) is 0.623. The van der Waals surface area contributed by atoms with Crippen molar-refractivity contribution in [3.05, 3.63) is 34.1 Å². The molecule has 10 heteroatoms. The zero-order valence-electron chi connectivity index (χ0n) is 12.2.